The van der Waals surface area contributed by atoms with Crippen molar-refractivity contribution in [2.75, 3.05) is 0 Å². The fourth-order valence-electron chi connectivity index (χ4n) is 11.4. The van der Waals surface area contributed by atoms with Crippen LogP contribution in [0, 0.1) is 0 Å². The van der Waals surface area contributed by atoms with Crippen molar-refractivity contribution in [2.24, 2.45) is 0 Å². The summed E-state index contributed by atoms with van der Waals surface area (Å²) in [4.78, 5) is 5.19. The number of nitrogens with zero attached hydrogens (tertiary/aromatic N) is 3. The van der Waals surface area contributed by atoms with Gasteiger partial charge in [-0.3, -0.25) is 0 Å². The molecule has 11 aromatic carbocycles. The summed E-state index contributed by atoms with van der Waals surface area (Å²) < 4.78 is 7.37. The van der Waals surface area contributed by atoms with Gasteiger partial charge in [0, 0.05) is 69.0 Å². The Bertz CT molecular complexity index is 4240. The summed E-state index contributed by atoms with van der Waals surface area (Å²) in [5.41, 5.74) is 12.9. The first kappa shape index (κ1) is 40.3. The van der Waals surface area contributed by atoms with Crippen molar-refractivity contribution in [1.29, 1.82) is 0 Å². The first-order valence-electron chi connectivity index (χ1n) is 24.0. The molecule has 0 fully saturated rings. The van der Waals surface area contributed by atoms with E-state index in [9.17, 15) is 0 Å². The standard InChI is InChI=1S/C66H45N3S/c1-5-21-46(22-6-1)47-23-19-26-49(43-47)69-59-34-16-13-31-54(59)56-41-39-50(44-64(56)69)68-61-36-18-15-33-57(61)66-63(68)37-20-38-65(66)70(51-27-9-3-10-28-51,52-29-11-4-12-30-52)53-40-42-62-58(45-53)55-32-14-17-35-60(55)67(62)48-24-7-2-8-25-48/h1-45H. The summed E-state index contributed by atoms with van der Waals surface area (Å²) in [6.07, 6.45) is 0. The van der Waals surface area contributed by atoms with Gasteiger partial charge in [0.2, 0.25) is 0 Å². The molecule has 0 spiro atoms. The molecule has 3 aromatic heterocycles. The van der Waals surface area contributed by atoms with E-state index in [2.05, 4.69) is 287 Å². The van der Waals surface area contributed by atoms with Gasteiger partial charge in [-0.15, -0.1) is 10.0 Å². The molecule has 4 heteroatoms. The average molecular weight is 912 g/mol. The van der Waals surface area contributed by atoms with E-state index in [1.165, 1.54) is 96.1 Å². The first-order valence-corrected chi connectivity index (χ1v) is 25.6. The molecule has 0 aliphatic carbocycles. The van der Waals surface area contributed by atoms with E-state index in [4.69, 9.17) is 0 Å². The fourth-order valence-corrected chi connectivity index (χ4v) is 15.5. The Balaban J connectivity index is 1.06. The third kappa shape index (κ3) is 6.03. The zero-order chi connectivity index (χ0) is 46.2. The summed E-state index contributed by atoms with van der Waals surface area (Å²) in [5, 5.41) is 7.45. The van der Waals surface area contributed by atoms with Crippen LogP contribution in [0.2, 0.25) is 0 Å². The van der Waals surface area contributed by atoms with Crippen molar-refractivity contribution >= 4 is 75.4 Å². The molecule has 0 N–H and O–H groups in total. The number of rotatable bonds is 8. The monoisotopic (exact) mass is 911 g/mol. The third-order valence-electron chi connectivity index (χ3n) is 14.3. The van der Waals surface area contributed by atoms with Gasteiger partial charge in [0.05, 0.1) is 33.1 Å². The quantitative estimate of drug-likeness (QED) is 0.144. The summed E-state index contributed by atoms with van der Waals surface area (Å²) in [7, 11) is -2.16. The second kappa shape index (κ2) is 16.2. The highest BCUT2D eigenvalue weighted by atomic mass is 32.3. The van der Waals surface area contributed by atoms with Gasteiger partial charge in [-0.25, -0.2) is 0 Å². The maximum Gasteiger partial charge on any atom is 0.0561 e. The number of aromatic nitrogens is 3. The van der Waals surface area contributed by atoms with Crippen LogP contribution < -0.4 is 0 Å². The molecule has 0 saturated heterocycles. The van der Waals surface area contributed by atoms with Crippen molar-refractivity contribution in [3.63, 3.8) is 0 Å². The van der Waals surface area contributed by atoms with E-state index in [1.807, 2.05) is 0 Å². The number of fused-ring (bicyclic) bond motifs is 9. The molecule has 330 valence electrons. The molecule has 0 bridgehead atoms. The molecule has 3 heterocycles. The lowest BCUT2D eigenvalue weighted by atomic mass is 10.1. The minimum absolute atomic E-state index is 1.12. The van der Waals surface area contributed by atoms with Gasteiger partial charge < -0.3 is 13.7 Å². The first-order chi connectivity index (χ1) is 34.8. The molecule has 0 amide bonds. The lowest BCUT2D eigenvalue weighted by Gasteiger charge is -2.42. The molecule has 0 saturated carbocycles. The number of benzene rings is 11. The average Bonchev–Trinajstić information content (AvgIpc) is 4.08. The molecule has 14 aromatic rings. The van der Waals surface area contributed by atoms with E-state index in [-0.39, 0.29) is 0 Å². The van der Waals surface area contributed by atoms with Crippen molar-refractivity contribution in [3.05, 3.63) is 273 Å². The Hall–Kier alpha value is -8.83. The molecular formula is C66H45N3S. The van der Waals surface area contributed by atoms with E-state index in [0.717, 1.165) is 17.1 Å². The topological polar surface area (TPSA) is 14.8 Å². The van der Waals surface area contributed by atoms with E-state index in [0.29, 0.717) is 0 Å². The predicted molar refractivity (Wildman–Crippen MR) is 295 cm³/mol. The fraction of sp³-hybridized carbons (Fsp3) is 0. The lowest BCUT2D eigenvalue weighted by molar-refractivity contribution is 1.15. The van der Waals surface area contributed by atoms with Crippen LogP contribution in [0.4, 0.5) is 0 Å². The predicted octanol–water partition coefficient (Wildman–Crippen LogP) is 18.0. The zero-order valence-corrected chi connectivity index (χ0v) is 39.0. The maximum absolute atomic E-state index is 2.52. The van der Waals surface area contributed by atoms with E-state index >= 15 is 0 Å². The Morgan fingerprint density at radius 2 is 0.686 bits per heavy atom. The zero-order valence-electron chi connectivity index (χ0n) is 38.2. The van der Waals surface area contributed by atoms with E-state index in [1.54, 1.807) is 0 Å². The van der Waals surface area contributed by atoms with E-state index < -0.39 is 10.0 Å². The molecule has 0 radical (unpaired) electrons. The van der Waals surface area contributed by atoms with Crippen LogP contribution in [0.15, 0.2) is 293 Å². The molecule has 3 nitrogen and oxygen atoms in total. The van der Waals surface area contributed by atoms with Crippen LogP contribution >= 0.6 is 10.0 Å². The summed E-state index contributed by atoms with van der Waals surface area (Å²) in [6, 6.07) is 101. The SMILES string of the molecule is c1ccc(-c2cccc(-n3c4ccccc4c4ccc(-n5c6ccccc6c6c(S(c7ccccc7)(c7ccccc7)c7ccc8c(c7)c7ccccc7n8-c7ccccc7)cccc65)cc43)c2)cc1. The molecule has 14 rings (SSSR count). The van der Waals surface area contributed by atoms with Crippen molar-refractivity contribution in [1.82, 2.24) is 13.7 Å². The Kier molecular flexibility index (Phi) is 9.29. The minimum Gasteiger partial charge on any atom is -0.309 e. The maximum atomic E-state index is 2.52. The minimum atomic E-state index is -2.16. The van der Waals surface area contributed by atoms with Crippen LogP contribution in [0.5, 0.6) is 0 Å². The lowest BCUT2D eigenvalue weighted by Crippen LogP contribution is -2.06. The summed E-state index contributed by atoms with van der Waals surface area (Å²) >= 11 is 0. The highest BCUT2D eigenvalue weighted by Crippen LogP contribution is 2.75. The molecule has 0 unspecified atom stereocenters. The highest BCUT2D eigenvalue weighted by molar-refractivity contribution is 8.34. The summed E-state index contributed by atoms with van der Waals surface area (Å²) in [6.45, 7) is 0. The van der Waals surface area contributed by atoms with Crippen molar-refractivity contribution < 1.29 is 0 Å². The number of hydrogen-bond donors (Lipinski definition) is 0. The molecule has 0 aliphatic heterocycles. The van der Waals surface area contributed by atoms with Crippen LogP contribution in [-0.2, 0) is 0 Å². The Labute approximate surface area is 407 Å². The van der Waals surface area contributed by atoms with Gasteiger partial charge in [-0.05, 0) is 120 Å². The van der Waals surface area contributed by atoms with Gasteiger partial charge in [-0.2, -0.15) is 0 Å². The smallest absolute Gasteiger partial charge is 0.0561 e. The highest BCUT2D eigenvalue weighted by Gasteiger charge is 2.36. The van der Waals surface area contributed by atoms with Crippen molar-refractivity contribution in [2.45, 2.75) is 19.6 Å². The van der Waals surface area contributed by atoms with Gasteiger partial charge >= 0.3 is 0 Å². The van der Waals surface area contributed by atoms with Crippen LogP contribution in [-0.4, -0.2) is 13.7 Å². The van der Waals surface area contributed by atoms with Gasteiger partial charge in [0.25, 0.3) is 0 Å². The normalized spacial score (nSPS) is 12.2. The Morgan fingerprint density at radius 3 is 1.37 bits per heavy atom. The largest absolute Gasteiger partial charge is 0.309 e. The molecular weight excluding hydrogens is 867 g/mol. The Morgan fingerprint density at radius 1 is 0.229 bits per heavy atom. The van der Waals surface area contributed by atoms with Crippen LogP contribution in [0.3, 0.4) is 0 Å². The summed E-state index contributed by atoms with van der Waals surface area (Å²) in [5.74, 6) is 0. The number of hydrogen-bond acceptors (Lipinski definition) is 0. The van der Waals surface area contributed by atoms with Gasteiger partial charge in [-0.1, -0.05) is 164 Å². The molecule has 0 aliphatic rings. The number of para-hydroxylation sites is 4. The second-order valence-corrected chi connectivity index (χ2v) is 21.2. The van der Waals surface area contributed by atoms with Crippen LogP contribution in [0.25, 0.3) is 93.6 Å². The van der Waals surface area contributed by atoms with Gasteiger partial charge in [0.1, 0.15) is 0 Å². The second-order valence-electron chi connectivity index (χ2n) is 18.1. The van der Waals surface area contributed by atoms with Gasteiger partial charge in [0.15, 0.2) is 0 Å². The molecule has 0 atom stereocenters. The molecule has 70 heavy (non-hydrogen) atoms. The van der Waals surface area contributed by atoms with Crippen molar-refractivity contribution in [3.8, 4) is 28.2 Å². The third-order valence-corrected chi connectivity index (χ3v) is 18.2. The van der Waals surface area contributed by atoms with Crippen LogP contribution in [0.1, 0.15) is 0 Å².